The predicted octanol–water partition coefficient (Wildman–Crippen LogP) is 4.12. The minimum atomic E-state index is -0.974. The summed E-state index contributed by atoms with van der Waals surface area (Å²) < 4.78 is 5.86. The topological polar surface area (TPSA) is 108 Å². The first-order chi connectivity index (χ1) is 12.7. The molecular weight excluding hydrogens is 342 g/mol. The van der Waals surface area contributed by atoms with E-state index < -0.39 is 12.0 Å². The first-order valence-electron chi connectivity index (χ1n) is 8.93. The van der Waals surface area contributed by atoms with E-state index in [9.17, 15) is 9.90 Å². The number of nitrogen functional groups attached to an aromatic ring is 1. The number of ether oxygens (including phenoxy) is 1. The molecule has 0 radical (unpaired) electrons. The van der Waals surface area contributed by atoms with Crippen molar-refractivity contribution in [2.24, 2.45) is 5.73 Å². The van der Waals surface area contributed by atoms with Gasteiger partial charge in [0.25, 0.3) is 0 Å². The third-order valence-electron chi connectivity index (χ3n) is 4.11. The molecule has 0 spiro atoms. The molecule has 0 aliphatic rings. The van der Waals surface area contributed by atoms with Gasteiger partial charge in [0, 0.05) is 11.3 Å². The average molecular weight is 369 g/mol. The number of nitrogens with one attached hydrogen (secondary N) is 2. The molecule has 0 bridgehead atoms. The monoisotopic (exact) mass is 369 g/mol. The van der Waals surface area contributed by atoms with E-state index in [1.54, 1.807) is 30.3 Å². The second-order valence-corrected chi connectivity index (χ2v) is 7.03. The molecule has 5 N–H and O–H groups in total. The highest BCUT2D eigenvalue weighted by atomic mass is 16.5. The Bertz CT molecular complexity index is 814. The Morgan fingerprint density at radius 2 is 1.74 bits per heavy atom. The van der Waals surface area contributed by atoms with Crippen molar-refractivity contribution in [2.75, 3.05) is 5.32 Å². The summed E-state index contributed by atoms with van der Waals surface area (Å²) in [4.78, 5) is 11.9. The van der Waals surface area contributed by atoms with Crippen molar-refractivity contribution in [3.63, 3.8) is 0 Å². The Hall–Kier alpha value is -3.02. The molecule has 0 aliphatic heterocycles. The van der Waals surface area contributed by atoms with Gasteiger partial charge in [-0.2, -0.15) is 0 Å². The first-order valence-corrected chi connectivity index (χ1v) is 8.93. The van der Waals surface area contributed by atoms with Crippen LogP contribution >= 0.6 is 0 Å². The third kappa shape index (κ3) is 5.23. The fourth-order valence-electron chi connectivity index (χ4n) is 2.76. The van der Waals surface area contributed by atoms with E-state index in [4.69, 9.17) is 15.9 Å². The van der Waals surface area contributed by atoms with Crippen molar-refractivity contribution in [3.8, 4) is 5.75 Å². The maximum Gasteiger partial charge on any atom is 0.330 e. The van der Waals surface area contributed by atoms with Gasteiger partial charge in [-0.15, -0.1) is 0 Å². The third-order valence-corrected chi connectivity index (χ3v) is 4.11. The number of benzene rings is 2. The molecule has 6 heteroatoms. The molecule has 1 unspecified atom stereocenters. The number of hydrogen-bond donors (Lipinski definition) is 4. The number of amidine groups is 1. The van der Waals surface area contributed by atoms with Crippen LogP contribution in [0.5, 0.6) is 5.75 Å². The Balaban J connectivity index is 2.34. The highest BCUT2D eigenvalue weighted by molar-refractivity contribution is 5.95. The quantitative estimate of drug-likeness (QED) is 0.413. The van der Waals surface area contributed by atoms with Gasteiger partial charge in [0.1, 0.15) is 11.6 Å². The molecule has 0 heterocycles. The molecule has 144 valence electrons. The molecule has 2 aromatic rings. The summed E-state index contributed by atoms with van der Waals surface area (Å²) in [6, 6.07) is 11.4. The molecule has 1 atom stereocenters. The summed E-state index contributed by atoms with van der Waals surface area (Å²) >= 11 is 0. The molecule has 0 aliphatic carbocycles. The second-order valence-electron chi connectivity index (χ2n) is 7.03. The highest BCUT2D eigenvalue weighted by Crippen LogP contribution is 2.31. The number of anilines is 1. The van der Waals surface area contributed by atoms with Crippen LogP contribution in [0.4, 0.5) is 5.69 Å². The highest BCUT2D eigenvalue weighted by Gasteiger charge is 2.22. The van der Waals surface area contributed by atoms with E-state index in [-0.39, 0.29) is 17.9 Å². The molecule has 0 saturated carbocycles. The van der Waals surface area contributed by atoms with Crippen LogP contribution in [0.3, 0.4) is 0 Å². The van der Waals surface area contributed by atoms with Crippen LogP contribution in [-0.2, 0) is 4.79 Å². The van der Waals surface area contributed by atoms with Crippen LogP contribution in [0.15, 0.2) is 42.5 Å². The second kappa shape index (κ2) is 8.58. The largest absolute Gasteiger partial charge is 0.491 e. The van der Waals surface area contributed by atoms with Crippen LogP contribution in [0, 0.1) is 5.41 Å². The molecule has 0 amide bonds. The number of carbonyl (C=O) groups is 1. The zero-order chi connectivity index (χ0) is 20.1. The molecule has 0 fully saturated rings. The summed E-state index contributed by atoms with van der Waals surface area (Å²) in [7, 11) is 0. The molecule has 2 rings (SSSR count). The lowest BCUT2D eigenvalue weighted by Gasteiger charge is -2.21. The molecule has 6 nitrogen and oxygen atoms in total. The maximum absolute atomic E-state index is 11.9. The standard InChI is InChI=1S/C21H27N3O3/c1-12(2)17-11-15(7-10-18(17)27-13(3)4)19(21(25)26)24-16-8-5-14(6-9-16)20(22)23/h5-13,19,24H,1-4H3,(H3,22,23)(H,25,26). The van der Waals surface area contributed by atoms with Gasteiger partial charge in [0.05, 0.1) is 6.10 Å². The summed E-state index contributed by atoms with van der Waals surface area (Å²) in [5.74, 6) is -0.0294. The minimum absolute atomic E-state index is 0.0290. The summed E-state index contributed by atoms with van der Waals surface area (Å²) in [6.07, 6.45) is 0.0431. The molecule has 2 aromatic carbocycles. The van der Waals surface area contributed by atoms with Gasteiger partial charge >= 0.3 is 5.97 Å². The SMILES string of the molecule is CC(C)Oc1ccc(C(Nc2ccc(C(=N)N)cc2)C(=O)O)cc1C(C)C. The lowest BCUT2D eigenvalue weighted by Crippen LogP contribution is -2.21. The fourth-order valence-corrected chi connectivity index (χ4v) is 2.76. The van der Waals surface area contributed by atoms with Crippen molar-refractivity contribution in [1.82, 2.24) is 0 Å². The first kappa shape index (κ1) is 20.3. The Kier molecular flexibility index (Phi) is 6.45. The van der Waals surface area contributed by atoms with E-state index in [1.807, 2.05) is 26.0 Å². The van der Waals surface area contributed by atoms with Gasteiger partial charge in [0.15, 0.2) is 6.04 Å². The molecular formula is C21H27N3O3. The van der Waals surface area contributed by atoms with E-state index in [2.05, 4.69) is 19.2 Å². The van der Waals surface area contributed by atoms with E-state index in [1.165, 1.54) is 0 Å². The van der Waals surface area contributed by atoms with Crippen molar-refractivity contribution < 1.29 is 14.6 Å². The van der Waals surface area contributed by atoms with E-state index >= 15 is 0 Å². The van der Waals surface area contributed by atoms with Crippen molar-refractivity contribution >= 4 is 17.5 Å². The lowest BCUT2D eigenvalue weighted by atomic mass is 9.96. The van der Waals surface area contributed by atoms with Gasteiger partial charge in [-0.3, -0.25) is 5.41 Å². The van der Waals surface area contributed by atoms with Gasteiger partial charge in [-0.25, -0.2) is 4.79 Å². The Labute approximate surface area is 159 Å². The number of rotatable bonds is 8. The normalized spacial score (nSPS) is 12.1. The van der Waals surface area contributed by atoms with Crippen molar-refractivity contribution in [2.45, 2.75) is 45.8 Å². The van der Waals surface area contributed by atoms with E-state index in [0.717, 1.165) is 11.3 Å². The lowest BCUT2D eigenvalue weighted by molar-refractivity contribution is -0.138. The van der Waals surface area contributed by atoms with Gasteiger partial charge in [0.2, 0.25) is 0 Å². The van der Waals surface area contributed by atoms with E-state index in [0.29, 0.717) is 16.8 Å². The Morgan fingerprint density at radius 3 is 2.22 bits per heavy atom. The zero-order valence-electron chi connectivity index (χ0n) is 16.1. The summed E-state index contributed by atoms with van der Waals surface area (Å²) in [5.41, 5.74) is 8.31. The van der Waals surface area contributed by atoms with Crippen molar-refractivity contribution in [1.29, 1.82) is 5.41 Å². The van der Waals surface area contributed by atoms with Crippen LogP contribution in [-0.4, -0.2) is 23.0 Å². The zero-order valence-corrected chi connectivity index (χ0v) is 16.1. The number of aliphatic carboxylic acids is 1. The van der Waals surface area contributed by atoms with Gasteiger partial charge in [-0.1, -0.05) is 19.9 Å². The molecule has 0 aromatic heterocycles. The minimum Gasteiger partial charge on any atom is -0.491 e. The van der Waals surface area contributed by atoms with Crippen molar-refractivity contribution in [3.05, 3.63) is 59.2 Å². The van der Waals surface area contributed by atoms with Crippen LogP contribution < -0.4 is 15.8 Å². The summed E-state index contributed by atoms with van der Waals surface area (Å²) in [5, 5.41) is 20.2. The average Bonchev–Trinajstić information content (AvgIpc) is 2.59. The number of carboxylic acid groups (broad SMARTS) is 1. The number of hydrogen-bond acceptors (Lipinski definition) is 4. The van der Waals surface area contributed by atoms with Crippen LogP contribution in [0.2, 0.25) is 0 Å². The number of carboxylic acids is 1. The van der Waals surface area contributed by atoms with Gasteiger partial charge < -0.3 is 20.9 Å². The maximum atomic E-state index is 11.9. The van der Waals surface area contributed by atoms with Crippen LogP contribution in [0.1, 0.15) is 56.3 Å². The molecule has 27 heavy (non-hydrogen) atoms. The Morgan fingerprint density at radius 1 is 1.11 bits per heavy atom. The number of nitrogens with two attached hydrogens (primary N) is 1. The summed E-state index contributed by atoms with van der Waals surface area (Å²) in [6.45, 7) is 8.03. The smallest absolute Gasteiger partial charge is 0.330 e. The fraction of sp³-hybridized carbons (Fsp3) is 0.333. The van der Waals surface area contributed by atoms with Crippen LogP contribution in [0.25, 0.3) is 0 Å². The molecule has 0 saturated heterocycles. The predicted molar refractivity (Wildman–Crippen MR) is 108 cm³/mol. The van der Waals surface area contributed by atoms with Gasteiger partial charge in [-0.05, 0) is 67.3 Å².